The molecular weight excluding hydrogens is 208 g/mol. The van der Waals surface area contributed by atoms with Gasteiger partial charge in [0.2, 0.25) is 0 Å². The molecule has 4 aliphatic carbocycles. The molecule has 17 heavy (non-hydrogen) atoms. The molecule has 1 aromatic rings. The number of nitrogens with one attached hydrogen (secondary N) is 1. The predicted octanol–water partition coefficient (Wildman–Crippen LogP) is 3.35. The second kappa shape index (κ2) is 3.16. The normalized spacial score (nSPS) is 42.6. The highest BCUT2D eigenvalue weighted by Gasteiger charge is 2.52. The van der Waals surface area contributed by atoms with Crippen LogP contribution in [0.2, 0.25) is 0 Å². The molecule has 4 fully saturated rings. The van der Waals surface area contributed by atoms with Crippen LogP contribution in [0.1, 0.15) is 49.8 Å². The van der Waals surface area contributed by atoms with Crippen molar-refractivity contribution >= 4 is 0 Å². The van der Waals surface area contributed by atoms with Crippen molar-refractivity contribution in [2.75, 3.05) is 0 Å². The highest BCUT2D eigenvalue weighted by molar-refractivity contribution is 5.40. The van der Waals surface area contributed by atoms with Gasteiger partial charge >= 0.3 is 0 Å². The van der Waals surface area contributed by atoms with Crippen LogP contribution in [0.25, 0.3) is 0 Å². The average Bonchev–Trinajstić information content (AvgIpc) is 2.75. The first-order valence-electron chi connectivity index (χ1n) is 6.87. The minimum absolute atomic E-state index is 0.337. The largest absolute Gasteiger partial charge is 0.363 e. The number of aromatic amines is 1. The van der Waals surface area contributed by atoms with Crippen LogP contribution in [0, 0.1) is 29.1 Å². The Morgan fingerprint density at radius 2 is 1.71 bits per heavy atom. The smallest absolute Gasteiger partial charge is 0.101 e. The van der Waals surface area contributed by atoms with Gasteiger partial charge in [0.05, 0.1) is 5.56 Å². The number of H-pyrrole nitrogens is 1. The third-order valence-corrected chi connectivity index (χ3v) is 5.44. The minimum atomic E-state index is 0.337. The lowest BCUT2D eigenvalue weighted by atomic mass is 9.48. The van der Waals surface area contributed by atoms with Gasteiger partial charge in [0.25, 0.3) is 0 Å². The number of hydrogen-bond acceptors (Lipinski definition) is 1. The van der Waals surface area contributed by atoms with Crippen LogP contribution in [0.4, 0.5) is 0 Å². The Balaban J connectivity index is 1.80. The molecule has 2 heteroatoms. The average molecular weight is 226 g/mol. The maximum atomic E-state index is 9.24. The van der Waals surface area contributed by atoms with Crippen LogP contribution in [-0.4, -0.2) is 4.98 Å². The van der Waals surface area contributed by atoms with E-state index >= 15 is 0 Å². The molecule has 0 radical (unpaired) electrons. The van der Waals surface area contributed by atoms with E-state index in [-0.39, 0.29) is 0 Å². The maximum absolute atomic E-state index is 9.24. The molecule has 1 aromatic heterocycles. The van der Waals surface area contributed by atoms with Gasteiger partial charge in [-0.3, -0.25) is 0 Å². The summed E-state index contributed by atoms with van der Waals surface area (Å²) in [6.45, 7) is 0. The zero-order chi connectivity index (χ0) is 11.5. The monoisotopic (exact) mass is 226 g/mol. The summed E-state index contributed by atoms with van der Waals surface area (Å²) < 4.78 is 0. The van der Waals surface area contributed by atoms with E-state index in [1.54, 1.807) is 0 Å². The van der Waals surface area contributed by atoms with Crippen LogP contribution in [0.3, 0.4) is 0 Å². The van der Waals surface area contributed by atoms with Gasteiger partial charge in [-0.1, -0.05) is 0 Å². The van der Waals surface area contributed by atoms with Gasteiger partial charge in [0.1, 0.15) is 6.07 Å². The highest BCUT2D eigenvalue weighted by atomic mass is 14.7. The molecule has 0 saturated heterocycles. The lowest BCUT2D eigenvalue weighted by Crippen LogP contribution is -2.49. The van der Waals surface area contributed by atoms with Gasteiger partial charge in [0, 0.05) is 17.3 Å². The lowest BCUT2D eigenvalue weighted by Gasteiger charge is -2.56. The quantitative estimate of drug-likeness (QED) is 0.783. The number of rotatable bonds is 1. The fourth-order valence-electron chi connectivity index (χ4n) is 5.32. The van der Waals surface area contributed by atoms with Crippen molar-refractivity contribution in [1.82, 2.24) is 4.98 Å². The molecular formula is C15H18N2. The van der Waals surface area contributed by atoms with Crippen molar-refractivity contribution in [2.24, 2.45) is 17.8 Å². The summed E-state index contributed by atoms with van der Waals surface area (Å²) >= 11 is 0. The van der Waals surface area contributed by atoms with E-state index in [1.165, 1.54) is 44.2 Å². The van der Waals surface area contributed by atoms with E-state index in [0.717, 1.165) is 23.3 Å². The lowest BCUT2D eigenvalue weighted by molar-refractivity contribution is -0.00708. The third kappa shape index (κ3) is 1.26. The van der Waals surface area contributed by atoms with Crippen LogP contribution in [0.5, 0.6) is 0 Å². The van der Waals surface area contributed by atoms with E-state index in [9.17, 15) is 5.26 Å². The summed E-state index contributed by atoms with van der Waals surface area (Å²) in [6, 6.07) is 4.32. The van der Waals surface area contributed by atoms with E-state index in [0.29, 0.717) is 5.41 Å². The van der Waals surface area contributed by atoms with Crippen molar-refractivity contribution in [2.45, 2.75) is 43.9 Å². The second-order valence-corrected chi connectivity index (χ2v) is 6.58. The molecule has 0 aromatic carbocycles. The van der Waals surface area contributed by atoms with Gasteiger partial charge < -0.3 is 4.98 Å². The van der Waals surface area contributed by atoms with Crippen LogP contribution in [-0.2, 0) is 5.41 Å². The van der Waals surface area contributed by atoms with Crippen molar-refractivity contribution in [3.8, 4) is 6.07 Å². The molecule has 4 bridgehead atoms. The molecule has 88 valence electrons. The summed E-state index contributed by atoms with van der Waals surface area (Å²) in [5.41, 5.74) is 2.50. The van der Waals surface area contributed by atoms with Crippen LogP contribution < -0.4 is 0 Å². The third-order valence-electron chi connectivity index (χ3n) is 5.44. The fraction of sp³-hybridized carbons (Fsp3) is 0.667. The van der Waals surface area contributed by atoms with Gasteiger partial charge in [-0.25, -0.2) is 0 Å². The van der Waals surface area contributed by atoms with Crippen molar-refractivity contribution in [3.63, 3.8) is 0 Å². The van der Waals surface area contributed by atoms with Crippen molar-refractivity contribution in [1.29, 1.82) is 5.26 Å². The Bertz CT molecular complexity index is 456. The number of nitrogens with zero attached hydrogens (tertiary/aromatic N) is 1. The molecule has 5 rings (SSSR count). The molecule has 0 aliphatic heterocycles. The number of nitriles is 1. The SMILES string of the molecule is N#Cc1cc[nH]c1C12CC3CC(CC(C3)C1)C2. The molecule has 0 atom stereocenters. The molecule has 0 spiro atoms. The summed E-state index contributed by atoms with van der Waals surface area (Å²) in [5, 5.41) is 9.24. The molecule has 4 saturated carbocycles. The Labute approximate surface area is 102 Å². The zero-order valence-electron chi connectivity index (χ0n) is 10.1. The van der Waals surface area contributed by atoms with Crippen molar-refractivity contribution < 1.29 is 0 Å². The molecule has 2 nitrogen and oxygen atoms in total. The van der Waals surface area contributed by atoms with Crippen molar-refractivity contribution in [3.05, 3.63) is 23.5 Å². The molecule has 1 N–H and O–H groups in total. The highest BCUT2D eigenvalue weighted by Crippen LogP contribution is 2.60. The summed E-state index contributed by atoms with van der Waals surface area (Å²) in [7, 11) is 0. The zero-order valence-corrected chi connectivity index (χ0v) is 10.1. The van der Waals surface area contributed by atoms with Gasteiger partial charge in [0.15, 0.2) is 0 Å². The first-order chi connectivity index (χ1) is 8.29. The predicted molar refractivity (Wildman–Crippen MR) is 65.4 cm³/mol. The minimum Gasteiger partial charge on any atom is -0.363 e. The summed E-state index contributed by atoms with van der Waals surface area (Å²) in [4.78, 5) is 3.39. The van der Waals surface area contributed by atoms with Gasteiger partial charge in [-0.2, -0.15) is 5.26 Å². The second-order valence-electron chi connectivity index (χ2n) is 6.58. The first-order valence-corrected chi connectivity index (χ1v) is 6.87. The van der Waals surface area contributed by atoms with Crippen LogP contribution in [0.15, 0.2) is 12.3 Å². The maximum Gasteiger partial charge on any atom is 0.101 e. The molecule has 0 unspecified atom stereocenters. The molecule has 1 heterocycles. The standard InChI is InChI=1S/C15H18N2/c16-9-13-1-2-17-14(13)15-6-10-3-11(7-15)5-12(4-10)8-15/h1-2,10-12,17H,3-8H2. The molecule has 0 amide bonds. The van der Waals surface area contributed by atoms with E-state index in [2.05, 4.69) is 11.1 Å². The number of aromatic nitrogens is 1. The van der Waals surface area contributed by atoms with E-state index < -0.39 is 0 Å². The van der Waals surface area contributed by atoms with Crippen LogP contribution >= 0.6 is 0 Å². The van der Waals surface area contributed by atoms with Gasteiger partial charge in [-0.05, 0) is 62.3 Å². The Morgan fingerprint density at radius 1 is 1.12 bits per heavy atom. The Morgan fingerprint density at radius 3 is 2.24 bits per heavy atom. The fourth-order valence-corrected chi connectivity index (χ4v) is 5.32. The first kappa shape index (κ1) is 9.76. The van der Waals surface area contributed by atoms with Gasteiger partial charge in [-0.15, -0.1) is 0 Å². The summed E-state index contributed by atoms with van der Waals surface area (Å²) in [5.74, 6) is 2.82. The Kier molecular flexibility index (Phi) is 1.82. The number of hydrogen-bond donors (Lipinski definition) is 1. The molecule has 4 aliphatic rings. The topological polar surface area (TPSA) is 39.6 Å². The van der Waals surface area contributed by atoms with E-state index in [1.807, 2.05) is 12.3 Å². The van der Waals surface area contributed by atoms with E-state index in [4.69, 9.17) is 0 Å². The summed E-state index contributed by atoms with van der Waals surface area (Å²) in [6.07, 6.45) is 10.3. The Hall–Kier alpha value is -1.23.